The zero-order valence-electron chi connectivity index (χ0n) is 21.8. The van der Waals surface area contributed by atoms with E-state index in [-0.39, 0.29) is 30.2 Å². The number of fused-ring (bicyclic) bond motifs is 2. The Morgan fingerprint density at radius 3 is 2.60 bits per heavy atom. The van der Waals surface area contributed by atoms with E-state index in [0.29, 0.717) is 17.6 Å². The van der Waals surface area contributed by atoms with Crippen LogP contribution in [-0.4, -0.2) is 76.5 Å². The minimum Gasteiger partial charge on any atom is -0.451 e. The number of aromatic nitrogens is 1. The van der Waals surface area contributed by atoms with Crippen molar-refractivity contribution in [2.24, 2.45) is 5.92 Å². The van der Waals surface area contributed by atoms with Gasteiger partial charge in [-0.2, -0.15) is 4.31 Å². The molecule has 1 aromatic carbocycles. The largest absolute Gasteiger partial charge is 0.451 e. The van der Waals surface area contributed by atoms with E-state index >= 15 is 0 Å². The number of likely N-dealkylation sites (tertiary alicyclic amines) is 1. The number of sulfonamides is 1. The molecule has 0 radical (unpaired) electrons. The molecule has 12 heteroatoms. The summed E-state index contributed by atoms with van der Waals surface area (Å²) >= 11 is 0. The Morgan fingerprint density at radius 1 is 1.12 bits per heavy atom. The summed E-state index contributed by atoms with van der Waals surface area (Å²) < 4.78 is 33.1. The monoisotopic (exact) mass is 564 g/mol. The van der Waals surface area contributed by atoms with E-state index in [1.54, 1.807) is 13.0 Å². The molecule has 3 unspecified atom stereocenters. The number of nitrogens with one attached hydrogen (secondary N) is 1. The van der Waals surface area contributed by atoms with Crippen LogP contribution in [0.1, 0.15) is 52.2 Å². The lowest BCUT2D eigenvalue weighted by Gasteiger charge is -2.28. The van der Waals surface area contributed by atoms with Crippen LogP contribution >= 0.6 is 0 Å². The fourth-order valence-corrected chi connectivity index (χ4v) is 7.31. The van der Waals surface area contributed by atoms with Crippen molar-refractivity contribution in [2.75, 3.05) is 13.1 Å². The first-order valence-electron chi connectivity index (χ1n) is 13.2. The van der Waals surface area contributed by atoms with E-state index in [2.05, 4.69) is 10.3 Å². The van der Waals surface area contributed by atoms with Crippen LogP contribution in [0.2, 0.25) is 0 Å². The molecule has 2 amide bonds. The van der Waals surface area contributed by atoms with Crippen LogP contribution in [0.4, 0.5) is 0 Å². The smallest absolute Gasteiger partial charge is 0.293 e. The van der Waals surface area contributed by atoms with Gasteiger partial charge in [-0.3, -0.25) is 24.2 Å². The number of hydrogen-bond donors (Lipinski definition) is 1. The van der Waals surface area contributed by atoms with Crippen LogP contribution in [0, 0.1) is 12.8 Å². The van der Waals surface area contributed by atoms with Gasteiger partial charge in [-0.25, -0.2) is 8.42 Å². The SMILES string of the molecule is Cc1c(C(=O)NC(CC2CC2)C(=O)N2CCC3C2C(=O)CN3S(=O)(=O)C(=O)c2cccnc2)oc2ccccc12. The van der Waals surface area contributed by atoms with Crippen LogP contribution < -0.4 is 5.32 Å². The van der Waals surface area contributed by atoms with E-state index in [0.717, 1.165) is 28.7 Å². The second kappa shape index (κ2) is 9.93. The minimum absolute atomic E-state index is 0.0996. The number of carbonyl (C=O) groups is 4. The highest BCUT2D eigenvalue weighted by molar-refractivity contribution is 8.04. The summed E-state index contributed by atoms with van der Waals surface area (Å²) in [4.78, 5) is 58.2. The van der Waals surface area contributed by atoms with Crippen LogP contribution in [0.15, 0.2) is 53.2 Å². The highest BCUT2D eigenvalue weighted by atomic mass is 32.2. The van der Waals surface area contributed by atoms with E-state index < -0.39 is 57.4 Å². The van der Waals surface area contributed by atoms with Crippen molar-refractivity contribution >= 4 is 43.7 Å². The number of carbonyl (C=O) groups excluding carboxylic acids is 4. The molecule has 0 spiro atoms. The summed E-state index contributed by atoms with van der Waals surface area (Å²) in [5, 5.41) is 2.50. The summed E-state index contributed by atoms with van der Waals surface area (Å²) in [6.45, 7) is 1.42. The summed E-state index contributed by atoms with van der Waals surface area (Å²) in [6, 6.07) is 7.31. The summed E-state index contributed by atoms with van der Waals surface area (Å²) in [7, 11) is -4.52. The number of amides is 2. The average Bonchev–Trinajstić information content (AvgIpc) is 3.41. The van der Waals surface area contributed by atoms with Gasteiger partial charge in [0.05, 0.1) is 18.2 Å². The number of Topliss-reactive ketones (excluding diaryl/α,β-unsaturated/α-hetero) is 1. The summed E-state index contributed by atoms with van der Waals surface area (Å²) in [5.74, 6) is -1.02. The molecule has 1 N–H and O–H groups in total. The van der Waals surface area contributed by atoms with Crippen molar-refractivity contribution in [2.45, 2.75) is 50.7 Å². The van der Waals surface area contributed by atoms with Crippen LogP contribution in [-0.2, 0) is 19.6 Å². The average molecular weight is 565 g/mol. The molecular weight excluding hydrogens is 536 g/mol. The number of para-hydroxylation sites is 1. The molecule has 11 nitrogen and oxygen atoms in total. The Hall–Kier alpha value is -3.90. The van der Waals surface area contributed by atoms with Gasteiger partial charge in [0.1, 0.15) is 17.7 Å². The number of pyridine rings is 1. The maximum atomic E-state index is 13.8. The molecule has 6 rings (SSSR count). The summed E-state index contributed by atoms with van der Waals surface area (Å²) in [6.07, 6.45) is 5.08. The second-order valence-corrected chi connectivity index (χ2v) is 12.4. The lowest BCUT2D eigenvalue weighted by Crippen LogP contribution is -2.52. The number of hydrogen-bond acceptors (Lipinski definition) is 8. The Morgan fingerprint density at radius 2 is 1.90 bits per heavy atom. The fourth-order valence-electron chi connectivity index (χ4n) is 5.80. The zero-order valence-corrected chi connectivity index (χ0v) is 22.6. The molecule has 1 aliphatic carbocycles. The Bertz CT molecular complexity index is 1630. The van der Waals surface area contributed by atoms with Crippen LogP contribution in [0.5, 0.6) is 0 Å². The van der Waals surface area contributed by atoms with Crippen molar-refractivity contribution in [1.82, 2.24) is 19.5 Å². The lowest BCUT2D eigenvalue weighted by molar-refractivity contribution is -0.138. The van der Waals surface area contributed by atoms with Crippen LogP contribution in [0.3, 0.4) is 0 Å². The van der Waals surface area contributed by atoms with E-state index in [1.807, 2.05) is 18.2 Å². The number of nitrogens with zero attached hydrogens (tertiary/aromatic N) is 3. The molecule has 2 saturated heterocycles. The summed E-state index contributed by atoms with van der Waals surface area (Å²) in [5.41, 5.74) is 1.13. The van der Waals surface area contributed by atoms with Gasteiger partial charge in [0.2, 0.25) is 5.91 Å². The number of ketones is 1. The molecule has 3 fully saturated rings. The highest BCUT2D eigenvalue weighted by Crippen LogP contribution is 2.37. The first-order valence-corrected chi connectivity index (χ1v) is 14.7. The van der Waals surface area contributed by atoms with Crippen molar-refractivity contribution in [3.63, 3.8) is 0 Å². The molecule has 3 aromatic rings. The van der Waals surface area contributed by atoms with E-state index in [1.165, 1.54) is 23.2 Å². The topological polar surface area (TPSA) is 147 Å². The van der Waals surface area contributed by atoms with Gasteiger partial charge in [0.25, 0.3) is 21.0 Å². The van der Waals surface area contributed by atoms with Gasteiger partial charge >= 0.3 is 0 Å². The lowest BCUT2D eigenvalue weighted by atomic mass is 10.1. The minimum atomic E-state index is -4.52. The zero-order chi connectivity index (χ0) is 28.2. The number of benzene rings is 1. The molecule has 4 heterocycles. The molecular formula is C28H28N4O7S. The predicted molar refractivity (Wildman–Crippen MR) is 143 cm³/mol. The second-order valence-electron chi connectivity index (χ2n) is 10.6. The molecule has 3 aliphatic rings. The Labute approximate surface area is 230 Å². The third kappa shape index (κ3) is 4.50. The van der Waals surface area contributed by atoms with Gasteiger partial charge < -0.3 is 14.6 Å². The normalized spacial score (nSPS) is 21.9. The molecule has 1 saturated carbocycles. The van der Waals surface area contributed by atoms with E-state index in [9.17, 15) is 27.6 Å². The number of furan rings is 1. The Kier molecular flexibility index (Phi) is 6.54. The van der Waals surface area contributed by atoms with Gasteiger partial charge in [-0.15, -0.1) is 0 Å². The highest BCUT2D eigenvalue weighted by Gasteiger charge is 2.55. The molecule has 40 heavy (non-hydrogen) atoms. The number of rotatable bonds is 7. The predicted octanol–water partition coefficient (Wildman–Crippen LogP) is 2.06. The van der Waals surface area contributed by atoms with E-state index in [4.69, 9.17) is 4.42 Å². The standard InChI is InChI=1S/C28H28N4O7S/c1-16-19-6-2-3-7-23(19)39-25(16)26(34)30-20(13-17-8-9-17)27(35)31-12-10-21-24(31)22(33)15-32(21)40(37,38)28(36)18-5-4-11-29-14-18/h2-7,11,14,17,20-21,24H,8-10,12-13,15H2,1H3,(H,30,34). The molecule has 3 atom stereocenters. The van der Waals surface area contributed by atoms with Crippen molar-refractivity contribution in [1.29, 1.82) is 0 Å². The van der Waals surface area contributed by atoms with Gasteiger partial charge in [0.15, 0.2) is 11.5 Å². The van der Waals surface area contributed by atoms with Crippen molar-refractivity contribution in [3.05, 3.63) is 65.7 Å². The first kappa shape index (κ1) is 26.3. The first-order chi connectivity index (χ1) is 19.2. The van der Waals surface area contributed by atoms with Gasteiger partial charge in [-0.1, -0.05) is 31.0 Å². The Balaban J connectivity index is 1.22. The quantitative estimate of drug-likeness (QED) is 0.459. The van der Waals surface area contributed by atoms with Gasteiger partial charge in [0, 0.05) is 29.9 Å². The number of aryl methyl sites for hydroxylation is 1. The van der Waals surface area contributed by atoms with Crippen LogP contribution in [0.25, 0.3) is 11.0 Å². The molecule has 2 aliphatic heterocycles. The third-order valence-electron chi connectivity index (χ3n) is 8.02. The molecule has 2 aromatic heterocycles. The maximum Gasteiger partial charge on any atom is 0.293 e. The van der Waals surface area contributed by atoms with Gasteiger partial charge in [-0.05, 0) is 43.9 Å². The maximum absolute atomic E-state index is 13.8. The molecule has 0 bridgehead atoms. The van der Waals surface area contributed by atoms with Crippen molar-refractivity contribution < 1.29 is 32.0 Å². The fraction of sp³-hybridized carbons (Fsp3) is 0.393. The molecule has 208 valence electrons. The third-order valence-corrected chi connectivity index (χ3v) is 9.74. The van der Waals surface area contributed by atoms with Crippen molar-refractivity contribution in [3.8, 4) is 0 Å².